The summed E-state index contributed by atoms with van der Waals surface area (Å²) in [7, 11) is 5.79. The molecule has 0 bridgehead atoms. The van der Waals surface area contributed by atoms with Crippen LogP contribution in [0.25, 0.3) is 0 Å². The van der Waals surface area contributed by atoms with E-state index in [0.717, 1.165) is 18.9 Å². The fourth-order valence-corrected chi connectivity index (χ4v) is 1.93. The molecule has 114 valence electrons. The van der Waals surface area contributed by atoms with Gasteiger partial charge in [-0.3, -0.25) is 4.99 Å². The minimum absolute atomic E-state index is 0. The smallest absolute Gasteiger partial charge is 0.193 e. The van der Waals surface area contributed by atoms with Gasteiger partial charge in [0.15, 0.2) is 5.96 Å². The number of benzene rings is 1. The second-order valence-corrected chi connectivity index (χ2v) is 6.07. The van der Waals surface area contributed by atoms with Crippen LogP contribution in [-0.2, 0) is 11.8 Å². The van der Waals surface area contributed by atoms with Crippen LogP contribution >= 0.6 is 24.0 Å². The molecule has 1 rings (SSSR count). The second-order valence-electron chi connectivity index (χ2n) is 6.07. The highest BCUT2D eigenvalue weighted by molar-refractivity contribution is 14.0. The molecule has 4 heteroatoms. The Labute approximate surface area is 140 Å². The molecule has 0 amide bonds. The van der Waals surface area contributed by atoms with Crippen LogP contribution in [0.15, 0.2) is 29.3 Å². The van der Waals surface area contributed by atoms with Gasteiger partial charge in [-0.2, -0.15) is 0 Å². The number of hydrogen-bond donors (Lipinski definition) is 1. The summed E-state index contributed by atoms with van der Waals surface area (Å²) in [6.07, 6.45) is 1.01. The van der Waals surface area contributed by atoms with Crippen molar-refractivity contribution < 1.29 is 0 Å². The average molecular weight is 389 g/mol. The second kappa shape index (κ2) is 8.49. The molecule has 0 unspecified atom stereocenters. The summed E-state index contributed by atoms with van der Waals surface area (Å²) in [6.45, 7) is 7.62. The van der Waals surface area contributed by atoms with Crippen molar-refractivity contribution in [1.82, 2.24) is 10.2 Å². The first kappa shape index (κ1) is 19.2. The number of hydrogen-bond acceptors (Lipinski definition) is 1. The van der Waals surface area contributed by atoms with Gasteiger partial charge in [-0.1, -0.05) is 45.0 Å². The molecule has 0 aromatic heterocycles. The van der Waals surface area contributed by atoms with E-state index in [0.29, 0.717) is 0 Å². The van der Waals surface area contributed by atoms with Gasteiger partial charge in [0, 0.05) is 27.7 Å². The van der Waals surface area contributed by atoms with Gasteiger partial charge in [-0.25, -0.2) is 0 Å². The number of guanidine groups is 1. The van der Waals surface area contributed by atoms with Crippen LogP contribution in [0.3, 0.4) is 0 Å². The summed E-state index contributed by atoms with van der Waals surface area (Å²) in [5.41, 5.74) is 2.96. The van der Waals surface area contributed by atoms with Gasteiger partial charge in [-0.05, 0) is 23.0 Å². The predicted molar refractivity (Wildman–Crippen MR) is 99.3 cm³/mol. The van der Waals surface area contributed by atoms with E-state index in [2.05, 4.69) is 55.3 Å². The zero-order chi connectivity index (χ0) is 14.5. The van der Waals surface area contributed by atoms with Crippen molar-refractivity contribution in [3.05, 3.63) is 35.4 Å². The van der Waals surface area contributed by atoms with Crippen LogP contribution in [0.4, 0.5) is 0 Å². The van der Waals surface area contributed by atoms with Gasteiger partial charge in [-0.15, -0.1) is 24.0 Å². The Balaban J connectivity index is 0.00000361. The predicted octanol–water partition coefficient (Wildman–Crippen LogP) is 3.28. The Morgan fingerprint density at radius 3 is 2.10 bits per heavy atom. The van der Waals surface area contributed by atoms with Crippen molar-refractivity contribution in [3.8, 4) is 0 Å². The van der Waals surface area contributed by atoms with Crippen LogP contribution in [0.1, 0.15) is 31.9 Å². The van der Waals surface area contributed by atoms with Crippen LogP contribution in [-0.4, -0.2) is 38.5 Å². The van der Waals surface area contributed by atoms with Crippen LogP contribution in [0, 0.1) is 0 Å². The molecule has 0 fully saturated rings. The maximum atomic E-state index is 4.20. The van der Waals surface area contributed by atoms with Gasteiger partial charge in [0.25, 0.3) is 0 Å². The average Bonchev–Trinajstić information content (AvgIpc) is 2.33. The Morgan fingerprint density at radius 2 is 1.70 bits per heavy atom. The van der Waals surface area contributed by atoms with Crippen LogP contribution in [0.5, 0.6) is 0 Å². The zero-order valence-electron chi connectivity index (χ0n) is 13.5. The number of halogens is 1. The highest BCUT2D eigenvalue weighted by atomic mass is 127. The fraction of sp³-hybridized carbons (Fsp3) is 0.562. The van der Waals surface area contributed by atoms with Gasteiger partial charge in [0.1, 0.15) is 0 Å². The molecule has 3 nitrogen and oxygen atoms in total. The largest absolute Gasteiger partial charge is 0.356 e. The molecule has 1 aromatic carbocycles. The van der Waals surface area contributed by atoms with Crippen molar-refractivity contribution in [2.45, 2.75) is 32.6 Å². The zero-order valence-corrected chi connectivity index (χ0v) is 15.9. The van der Waals surface area contributed by atoms with E-state index >= 15 is 0 Å². The van der Waals surface area contributed by atoms with Crippen molar-refractivity contribution >= 4 is 29.9 Å². The van der Waals surface area contributed by atoms with E-state index in [1.165, 1.54) is 11.1 Å². The molecule has 0 saturated carbocycles. The first-order valence-corrected chi connectivity index (χ1v) is 6.82. The van der Waals surface area contributed by atoms with E-state index in [1.54, 1.807) is 7.05 Å². The Morgan fingerprint density at radius 1 is 1.15 bits per heavy atom. The molecule has 1 N–H and O–H groups in total. The monoisotopic (exact) mass is 389 g/mol. The maximum Gasteiger partial charge on any atom is 0.193 e. The first-order valence-electron chi connectivity index (χ1n) is 6.82. The molecule has 0 spiro atoms. The highest BCUT2D eigenvalue weighted by Gasteiger charge is 2.12. The molecule has 0 aliphatic carbocycles. The Bertz CT molecular complexity index is 416. The summed E-state index contributed by atoms with van der Waals surface area (Å²) in [4.78, 5) is 6.19. The van der Waals surface area contributed by atoms with E-state index in [4.69, 9.17) is 0 Å². The maximum absolute atomic E-state index is 4.20. The number of nitrogens with one attached hydrogen (secondary N) is 1. The third-order valence-electron chi connectivity index (χ3n) is 3.15. The lowest BCUT2D eigenvalue weighted by Crippen LogP contribution is -2.37. The summed E-state index contributed by atoms with van der Waals surface area (Å²) < 4.78 is 0. The Kier molecular flexibility index (Phi) is 8.16. The lowest BCUT2D eigenvalue weighted by molar-refractivity contribution is 0.582. The van der Waals surface area contributed by atoms with Crippen molar-refractivity contribution in [2.24, 2.45) is 4.99 Å². The lowest BCUT2D eigenvalue weighted by Gasteiger charge is -2.19. The highest BCUT2D eigenvalue weighted by Crippen LogP contribution is 2.22. The third-order valence-corrected chi connectivity index (χ3v) is 3.15. The fourth-order valence-electron chi connectivity index (χ4n) is 1.93. The molecule has 0 atom stereocenters. The summed E-state index contributed by atoms with van der Waals surface area (Å²) in [5.74, 6) is 0.923. The minimum atomic E-state index is 0. The third kappa shape index (κ3) is 6.11. The number of rotatable bonds is 3. The van der Waals surface area contributed by atoms with Crippen molar-refractivity contribution in [1.29, 1.82) is 0 Å². The van der Waals surface area contributed by atoms with E-state index in [1.807, 2.05) is 19.0 Å². The van der Waals surface area contributed by atoms with Gasteiger partial charge in [0.2, 0.25) is 0 Å². The van der Waals surface area contributed by atoms with Crippen LogP contribution in [0.2, 0.25) is 0 Å². The molecule has 0 radical (unpaired) electrons. The van der Waals surface area contributed by atoms with Crippen LogP contribution < -0.4 is 5.32 Å². The molecule has 20 heavy (non-hydrogen) atoms. The SMILES string of the molecule is CN=C(NCCc1ccc(C(C)(C)C)cc1)N(C)C.I. The van der Waals surface area contributed by atoms with Gasteiger partial charge in [0.05, 0.1) is 0 Å². The molecule has 0 saturated heterocycles. The normalized spacial score (nSPS) is 11.8. The lowest BCUT2D eigenvalue weighted by atomic mass is 9.86. The summed E-state index contributed by atoms with van der Waals surface area (Å²) in [5, 5.41) is 3.34. The van der Waals surface area contributed by atoms with Gasteiger partial charge < -0.3 is 10.2 Å². The van der Waals surface area contributed by atoms with E-state index in [-0.39, 0.29) is 29.4 Å². The molecule has 0 aliphatic rings. The quantitative estimate of drug-likeness (QED) is 0.488. The van der Waals surface area contributed by atoms with E-state index in [9.17, 15) is 0 Å². The topological polar surface area (TPSA) is 27.6 Å². The standard InChI is InChI=1S/C16H27N3.HI/c1-16(2,3)14-9-7-13(8-10-14)11-12-18-15(17-4)19(5)6;/h7-10H,11-12H2,1-6H3,(H,17,18);1H. The Hall–Kier alpha value is -0.780. The first-order chi connectivity index (χ1) is 8.84. The number of aliphatic imine (C=N–C) groups is 1. The molecule has 0 aliphatic heterocycles. The number of nitrogens with zero attached hydrogens (tertiary/aromatic N) is 2. The molecular formula is C16H28IN3. The van der Waals surface area contributed by atoms with Gasteiger partial charge >= 0.3 is 0 Å². The minimum Gasteiger partial charge on any atom is -0.356 e. The van der Waals surface area contributed by atoms with Crippen molar-refractivity contribution in [3.63, 3.8) is 0 Å². The van der Waals surface area contributed by atoms with E-state index < -0.39 is 0 Å². The summed E-state index contributed by atoms with van der Waals surface area (Å²) in [6, 6.07) is 8.91. The molecular weight excluding hydrogens is 361 g/mol. The molecule has 0 heterocycles. The summed E-state index contributed by atoms with van der Waals surface area (Å²) >= 11 is 0. The van der Waals surface area contributed by atoms with Crippen molar-refractivity contribution in [2.75, 3.05) is 27.7 Å². The molecule has 1 aromatic rings.